The highest BCUT2D eigenvalue weighted by atomic mass is 16.5. The summed E-state index contributed by atoms with van der Waals surface area (Å²) in [6.07, 6.45) is 5.31. The zero-order chi connectivity index (χ0) is 28.1. The van der Waals surface area contributed by atoms with Gasteiger partial charge in [-0.05, 0) is 42.3 Å². The summed E-state index contributed by atoms with van der Waals surface area (Å²) in [5, 5.41) is 16.7. The number of pyridine rings is 1. The standard InChI is InChI=1S/C31H35N5O4/c1-20(2)21-7-9-24(10-8-21)31(38,30(3)18-35(4)19-30)25-12-22(14-32-15-25)28-33-29(40-34-28)23-13-27(37)36(16-23)17-26-6-5-11-39-26/h5-12,14-15,20,23,38H,13,16-19H2,1-4H3/t23?,31-/m0/s1. The Morgan fingerprint density at radius 1 is 1.15 bits per heavy atom. The van der Waals surface area contributed by atoms with Crippen molar-refractivity contribution >= 4 is 5.91 Å². The second-order valence-corrected chi connectivity index (χ2v) is 11.9. The second-order valence-electron chi connectivity index (χ2n) is 11.9. The molecule has 1 aromatic carbocycles. The van der Waals surface area contributed by atoms with Crippen LogP contribution < -0.4 is 0 Å². The summed E-state index contributed by atoms with van der Waals surface area (Å²) < 4.78 is 11.0. The van der Waals surface area contributed by atoms with Gasteiger partial charge in [0, 0.05) is 55.0 Å². The van der Waals surface area contributed by atoms with Gasteiger partial charge in [-0.1, -0.05) is 50.2 Å². The van der Waals surface area contributed by atoms with E-state index >= 15 is 0 Å². The van der Waals surface area contributed by atoms with Crippen LogP contribution >= 0.6 is 0 Å². The SMILES string of the molecule is CC(C)c1ccc([C@](O)(c2cncc(-c3noc(C4CC(=O)N(Cc5ccco5)C4)n3)c2)C2(C)CN(C)C2)cc1. The van der Waals surface area contributed by atoms with E-state index in [0.717, 1.165) is 24.4 Å². The van der Waals surface area contributed by atoms with Crippen LogP contribution in [0.25, 0.3) is 11.4 Å². The Labute approximate surface area is 233 Å². The predicted octanol–water partition coefficient (Wildman–Crippen LogP) is 4.55. The first kappa shape index (κ1) is 26.4. The van der Waals surface area contributed by atoms with Crippen LogP contribution in [-0.2, 0) is 16.9 Å². The number of aromatic nitrogens is 3. The highest BCUT2D eigenvalue weighted by Crippen LogP contribution is 2.50. The van der Waals surface area contributed by atoms with Crippen LogP contribution in [0.2, 0.25) is 0 Å². The van der Waals surface area contributed by atoms with Crippen LogP contribution in [0.4, 0.5) is 0 Å². The molecule has 4 aromatic rings. The molecule has 0 radical (unpaired) electrons. The third-order valence-electron chi connectivity index (χ3n) is 8.45. The van der Waals surface area contributed by atoms with E-state index < -0.39 is 11.0 Å². The first-order valence-corrected chi connectivity index (χ1v) is 13.8. The molecule has 0 bridgehead atoms. The lowest BCUT2D eigenvalue weighted by molar-refractivity contribution is -0.128. The fourth-order valence-electron chi connectivity index (χ4n) is 6.31. The van der Waals surface area contributed by atoms with Crippen LogP contribution in [0.5, 0.6) is 0 Å². The van der Waals surface area contributed by atoms with E-state index in [1.165, 1.54) is 5.56 Å². The van der Waals surface area contributed by atoms with E-state index in [9.17, 15) is 9.90 Å². The molecule has 3 aromatic heterocycles. The number of hydrogen-bond donors (Lipinski definition) is 1. The summed E-state index contributed by atoms with van der Waals surface area (Å²) in [5.41, 5.74) is 1.71. The summed E-state index contributed by atoms with van der Waals surface area (Å²) >= 11 is 0. The van der Waals surface area contributed by atoms with Gasteiger partial charge in [0.05, 0.1) is 18.7 Å². The number of carbonyl (C=O) groups excluding carboxylic acids is 1. The normalized spacial score (nSPS) is 20.6. The first-order chi connectivity index (χ1) is 19.2. The number of hydrogen-bond acceptors (Lipinski definition) is 8. The van der Waals surface area contributed by atoms with Crippen molar-refractivity contribution in [1.29, 1.82) is 0 Å². The van der Waals surface area contributed by atoms with Crippen LogP contribution in [-0.4, -0.2) is 62.6 Å². The third-order valence-corrected chi connectivity index (χ3v) is 8.45. The number of amides is 1. The lowest BCUT2D eigenvalue weighted by Crippen LogP contribution is -2.63. The average Bonchev–Trinajstić information content (AvgIpc) is 3.70. The zero-order valence-corrected chi connectivity index (χ0v) is 23.4. The molecule has 2 aliphatic rings. The van der Waals surface area contributed by atoms with Crippen molar-refractivity contribution in [2.75, 3.05) is 26.7 Å². The molecule has 0 spiro atoms. The largest absolute Gasteiger partial charge is 0.467 e. The average molecular weight is 542 g/mol. The zero-order valence-electron chi connectivity index (χ0n) is 23.4. The lowest BCUT2D eigenvalue weighted by atomic mass is 9.62. The maximum Gasteiger partial charge on any atom is 0.232 e. The van der Waals surface area contributed by atoms with Gasteiger partial charge in [0.2, 0.25) is 17.6 Å². The molecule has 0 aliphatic carbocycles. The molecule has 0 saturated carbocycles. The van der Waals surface area contributed by atoms with Gasteiger partial charge in [-0.15, -0.1) is 0 Å². The number of benzene rings is 1. The van der Waals surface area contributed by atoms with Crippen molar-refractivity contribution in [3.63, 3.8) is 0 Å². The summed E-state index contributed by atoms with van der Waals surface area (Å²) in [6.45, 7) is 8.83. The molecule has 9 nitrogen and oxygen atoms in total. The van der Waals surface area contributed by atoms with Gasteiger partial charge in [0.15, 0.2) is 0 Å². The Morgan fingerprint density at radius 2 is 1.93 bits per heavy atom. The Balaban J connectivity index is 1.29. The van der Waals surface area contributed by atoms with E-state index in [-0.39, 0.29) is 11.8 Å². The third kappa shape index (κ3) is 4.53. The highest BCUT2D eigenvalue weighted by molar-refractivity contribution is 5.79. The Bertz CT molecular complexity index is 1490. The summed E-state index contributed by atoms with van der Waals surface area (Å²) in [5.74, 6) is 1.77. The van der Waals surface area contributed by atoms with E-state index in [0.29, 0.717) is 48.3 Å². The molecular weight excluding hydrogens is 506 g/mol. The lowest BCUT2D eigenvalue weighted by Gasteiger charge is -2.55. The van der Waals surface area contributed by atoms with Crippen LogP contribution in [0, 0.1) is 5.41 Å². The Morgan fingerprint density at radius 3 is 2.60 bits per heavy atom. The summed E-state index contributed by atoms with van der Waals surface area (Å²) in [6, 6.07) is 13.8. The topological polar surface area (TPSA) is 109 Å². The Kier molecular flexibility index (Phi) is 6.59. The van der Waals surface area contributed by atoms with Crippen molar-refractivity contribution in [2.24, 2.45) is 5.41 Å². The van der Waals surface area contributed by atoms with Crippen molar-refractivity contribution in [1.82, 2.24) is 24.9 Å². The van der Waals surface area contributed by atoms with Crippen LogP contribution in [0.3, 0.4) is 0 Å². The van der Waals surface area contributed by atoms with Crippen LogP contribution in [0.1, 0.15) is 67.4 Å². The predicted molar refractivity (Wildman–Crippen MR) is 148 cm³/mol. The van der Waals surface area contributed by atoms with Crippen molar-refractivity contribution in [3.05, 3.63) is 89.5 Å². The molecule has 1 amide bonds. The van der Waals surface area contributed by atoms with E-state index in [4.69, 9.17) is 8.94 Å². The summed E-state index contributed by atoms with van der Waals surface area (Å²) in [4.78, 5) is 25.7. The van der Waals surface area contributed by atoms with E-state index in [1.54, 1.807) is 23.6 Å². The number of rotatable bonds is 8. The number of aliphatic hydroxyl groups is 1. The van der Waals surface area contributed by atoms with E-state index in [2.05, 4.69) is 60.0 Å². The van der Waals surface area contributed by atoms with Crippen LogP contribution in [0.15, 0.2) is 70.1 Å². The molecule has 2 saturated heterocycles. The molecule has 1 unspecified atom stereocenters. The molecule has 1 N–H and O–H groups in total. The first-order valence-electron chi connectivity index (χ1n) is 13.8. The number of furan rings is 1. The molecule has 2 aliphatic heterocycles. The molecule has 2 atom stereocenters. The summed E-state index contributed by atoms with van der Waals surface area (Å²) in [7, 11) is 2.06. The maximum atomic E-state index is 12.6. The molecule has 9 heteroatoms. The van der Waals surface area contributed by atoms with E-state index in [1.807, 2.05) is 30.3 Å². The smallest absolute Gasteiger partial charge is 0.232 e. The number of likely N-dealkylation sites (tertiary alicyclic amines) is 2. The van der Waals surface area contributed by atoms with Crippen molar-refractivity contribution in [2.45, 2.75) is 51.2 Å². The van der Waals surface area contributed by atoms with Gasteiger partial charge >= 0.3 is 0 Å². The van der Waals surface area contributed by atoms with Gasteiger partial charge < -0.3 is 23.8 Å². The van der Waals surface area contributed by atoms with Gasteiger partial charge in [-0.25, -0.2) is 0 Å². The van der Waals surface area contributed by atoms with Gasteiger partial charge in [-0.3, -0.25) is 9.78 Å². The minimum absolute atomic E-state index is 0.0251. The fourth-order valence-corrected chi connectivity index (χ4v) is 6.31. The molecule has 5 heterocycles. The van der Waals surface area contributed by atoms with Crippen molar-refractivity contribution in [3.8, 4) is 11.4 Å². The quantitative estimate of drug-likeness (QED) is 0.346. The second kappa shape index (κ2) is 9.98. The fraction of sp³-hybridized carbons (Fsp3) is 0.419. The Hall–Kier alpha value is -3.82. The molecule has 40 heavy (non-hydrogen) atoms. The molecule has 6 rings (SSSR count). The molecule has 2 fully saturated rings. The minimum atomic E-state index is -1.27. The van der Waals surface area contributed by atoms with Gasteiger partial charge in [0.25, 0.3) is 0 Å². The maximum absolute atomic E-state index is 12.6. The minimum Gasteiger partial charge on any atom is -0.467 e. The molecule has 208 valence electrons. The van der Waals surface area contributed by atoms with Gasteiger partial charge in [-0.2, -0.15) is 4.98 Å². The van der Waals surface area contributed by atoms with Crippen molar-refractivity contribution < 1.29 is 18.8 Å². The molecular formula is C31H35N5O4. The number of carbonyl (C=O) groups is 1. The highest BCUT2D eigenvalue weighted by Gasteiger charge is 2.55. The number of nitrogens with zero attached hydrogens (tertiary/aromatic N) is 5. The van der Waals surface area contributed by atoms with Gasteiger partial charge in [0.1, 0.15) is 11.4 Å². The monoisotopic (exact) mass is 541 g/mol.